The minimum atomic E-state index is -0.766. The maximum atomic E-state index is 11.1. The summed E-state index contributed by atoms with van der Waals surface area (Å²) in [7, 11) is 0. The predicted molar refractivity (Wildman–Crippen MR) is 92.5 cm³/mol. The number of carbonyl (C=O) groups is 1. The molecule has 0 saturated carbocycles. The van der Waals surface area contributed by atoms with Crippen molar-refractivity contribution >= 4 is 5.97 Å². The van der Waals surface area contributed by atoms with Crippen LogP contribution in [0.2, 0.25) is 0 Å². The van der Waals surface area contributed by atoms with Gasteiger partial charge >= 0.3 is 5.97 Å². The van der Waals surface area contributed by atoms with Crippen LogP contribution in [-0.4, -0.2) is 24.3 Å². The highest BCUT2D eigenvalue weighted by Crippen LogP contribution is 2.29. The van der Waals surface area contributed by atoms with Crippen molar-refractivity contribution in [2.45, 2.75) is 60.3 Å². The summed E-state index contributed by atoms with van der Waals surface area (Å²) >= 11 is 0. The van der Waals surface area contributed by atoms with E-state index in [-0.39, 0.29) is 0 Å². The zero-order valence-electron chi connectivity index (χ0n) is 15.1. The van der Waals surface area contributed by atoms with Crippen LogP contribution in [0.25, 0.3) is 0 Å². The topological polar surface area (TPSA) is 55.8 Å². The molecule has 0 aliphatic rings. The molecule has 0 aliphatic carbocycles. The number of aliphatic carboxylic acids is 1. The third-order valence-electron chi connectivity index (χ3n) is 4.01. The molecule has 0 fully saturated rings. The van der Waals surface area contributed by atoms with Crippen LogP contribution in [0.3, 0.4) is 0 Å². The first kappa shape index (κ1) is 19.3. The van der Waals surface area contributed by atoms with Crippen LogP contribution in [-0.2, 0) is 4.79 Å². The van der Waals surface area contributed by atoms with Gasteiger partial charge < -0.3 is 14.6 Å². The summed E-state index contributed by atoms with van der Waals surface area (Å²) in [4.78, 5) is 11.1. The summed E-state index contributed by atoms with van der Waals surface area (Å²) in [6.45, 7) is 10.9. The van der Waals surface area contributed by atoms with E-state index in [0.717, 1.165) is 42.1 Å². The highest BCUT2D eigenvalue weighted by molar-refractivity contribution is 5.73. The maximum absolute atomic E-state index is 11.1. The summed E-state index contributed by atoms with van der Waals surface area (Å²) in [5, 5.41) is 9.10. The number of ether oxygens (including phenoxy) is 2. The van der Waals surface area contributed by atoms with Gasteiger partial charge in [0.25, 0.3) is 0 Å². The lowest BCUT2D eigenvalue weighted by Crippen LogP contribution is -2.24. The Balaban J connectivity index is 2.55. The Morgan fingerprint density at radius 2 is 1.52 bits per heavy atom. The van der Waals surface area contributed by atoms with E-state index in [1.807, 2.05) is 26.0 Å². The highest BCUT2D eigenvalue weighted by atomic mass is 16.5. The summed E-state index contributed by atoms with van der Waals surface area (Å²) in [6.07, 6.45) is 3.48. The first-order valence-electron chi connectivity index (χ1n) is 8.38. The molecule has 4 nitrogen and oxygen atoms in total. The summed E-state index contributed by atoms with van der Waals surface area (Å²) in [5.74, 6) is 0.992. The summed E-state index contributed by atoms with van der Waals surface area (Å²) in [6, 6.07) is 4.01. The number of hydrogen-bond donors (Lipinski definition) is 1. The van der Waals surface area contributed by atoms with E-state index in [2.05, 4.69) is 6.92 Å². The molecule has 1 aromatic carbocycles. The van der Waals surface area contributed by atoms with Crippen LogP contribution in [0.4, 0.5) is 0 Å². The Morgan fingerprint density at radius 1 is 1.04 bits per heavy atom. The van der Waals surface area contributed by atoms with Gasteiger partial charge in [-0.2, -0.15) is 0 Å². The molecule has 0 aliphatic heterocycles. The minimum Gasteiger partial charge on any atom is -0.493 e. The van der Waals surface area contributed by atoms with E-state index >= 15 is 0 Å². The van der Waals surface area contributed by atoms with Crippen molar-refractivity contribution in [3.63, 3.8) is 0 Å². The second kappa shape index (κ2) is 8.80. The van der Waals surface area contributed by atoms with Crippen molar-refractivity contribution in [1.29, 1.82) is 0 Å². The number of unbranched alkanes of at least 4 members (excludes halogenated alkanes) is 1. The van der Waals surface area contributed by atoms with Crippen molar-refractivity contribution in [3.8, 4) is 11.5 Å². The number of carboxylic acid groups (broad SMARTS) is 1. The third-order valence-corrected chi connectivity index (χ3v) is 4.01. The molecule has 0 heterocycles. The van der Waals surface area contributed by atoms with Crippen LogP contribution in [0.5, 0.6) is 11.5 Å². The van der Waals surface area contributed by atoms with E-state index in [0.29, 0.717) is 19.4 Å². The Labute approximate surface area is 139 Å². The molecule has 0 amide bonds. The molecule has 0 bridgehead atoms. The molecule has 0 aromatic heterocycles. The Kier molecular flexibility index (Phi) is 7.40. The molecule has 23 heavy (non-hydrogen) atoms. The van der Waals surface area contributed by atoms with Crippen LogP contribution in [0, 0.1) is 19.3 Å². The molecule has 4 heteroatoms. The van der Waals surface area contributed by atoms with Gasteiger partial charge in [0.2, 0.25) is 0 Å². The van der Waals surface area contributed by atoms with E-state index in [1.54, 1.807) is 13.8 Å². The fourth-order valence-electron chi connectivity index (χ4n) is 2.20. The quantitative estimate of drug-likeness (QED) is 0.631. The normalized spacial score (nSPS) is 11.3. The van der Waals surface area contributed by atoms with Crippen molar-refractivity contribution in [1.82, 2.24) is 0 Å². The molecule has 0 radical (unpaired) electrons. The van der Waals surface area contributed by atoms with Gasteiger partial charge in [0, 0.05) is 0 Å². The van der Waals surface area contributed by atoms with Gasteiger partial charge in [-0.1, -0.05) is 13.3 Å². The van der Waals surface area contributed by atoms with Gasteiger partial charge in [-0.05, 0) is 70.2 Å². The van der Waals surface area contributed by atoms with Gasteiger partial charge in [-0.3, -0.25) is 4.79 Å². The molecule has 0 unspecified atom stereocenters. The number of aryl methyl sites for hydroxylation is 2. The van der Waals surface area contributed by atoms with Gasteiger partial charge in [0.05, 0.1) is 18.6 Å². The fourth-order valence-corrected chi connectivity index (χ4v) is 2.20. The lowest BCUT2D eigenvalue weighted by atomic mass is 9.88. The van der Waals surface area contributed by atoms with Gasteiger partial charge in [0.1, 0.15) is 11.5 Å². The standard InChI is InChI=1S/C19H30O4/c1-6-7-10-22-16-12-15(3)17(13-14(16)2)23-11-8-9-19(4,5)18(20)21/h12-13H,6-11H2,1-5H3,(H,20,21). The lowest BCUT2D eigenvalue weighted by Gasteiger charge is -2.19. The van der Waals surface area contributed by atoms with E-state index in [1.165, 1.54) is 0 Å². The second-order valence-corrected chi connectivity index (χ2v) is 6.73. The lowest BCUT2D eigenvalue weighted by molar-refractivity contribution is -0.147. The van der Waals surface area contributed by atoms with Gasteiger partial charge in [-0.25, -0.2) is 0 Å². The van der Waals surface area contributed by atoms with E-state index < -0.39 is 11.4 Å². The van der Waals surface area contributed by atoms with Crippen LogP contribution in [0.15, 0.2) is 12.1 Å². The molecule has 0 atom stereocenters. The third kappa shape index (κ3) is 6.12. The number of rotatable bonds is 10. The SMILES string of the molecule is CCCCOc1cc(C)c(OCCCC(C)(C)C(=O)O)cc1C. The summed E-state index contributed by atoms with van der Waals surface area (Å²) < 4.78 is 11.6. The predicted octanol–water partition coefficient (Wildman–Crippen LogP) is 4.75. The van der Waals surface area contributed by atoms with Crippen LogP contribution in [0.1, 0.15) is 57.6 Å². The van der Waals surface area contributed by atoms with Crippen molar-refractivity contribution in [3.05, 3.63) is 23.3 Å². The average Bonchev–Trinajstić information content (AvgIpc) is 2.48. The van der Waals surface area contributed by atoms with Crippen LogP contribution >= 0.6 is 0 Å². The van der Waals surface area contributed by atoms with Gasteiger partial charge in [0.15, 0.2) is 0 Å². The smallest absolute Gasteiger partial charge is 0.309 e. The Hall–Kier alpha value is -1.71. The minimum absolute atomic E-state index is 0.521. The average molecular weight is 322 g/mol. The number of carboxylic acids is 1. The van der Waals surface area contributed by atoms with E-state index in [4.69, 9.17) is 14.6 Å². The number of hydrogen-bond acceptors (Lipinski definition) is 3. The molecule has 0 spiro atoms. The monoisotopic (exact) mass is 322 g/mol. The van der Waals surface area contributed by atoms with Crippen LogP contribution < -0.4 is 9.47 Å². The first-order chi connectivity index (χ1) is 10.8. The maximum Gasteiger partial charge on any atom is 0.309 e. The molecule has 1 rings (SSSR count). The molecule has 1 aromatic rings. The van der Waals surface area contributed by atoms with Crippen molar-refractivity contribution < 1.29 is 19.4 Å². The van der Waals surface area contributed by atoms with E-state index in [9.17, 15) is 4.79 Å². The Morgan fingerprint density at radius 3 is 1.96 bits per heavy atom. The zero-order valence-corrected chi connectivity index (χ0v) is 15.1. The van der Waals surface area contributed by atoms with Gasteiger partial charge in [-0.15, -0.1) is 0 Å². The molecule has 0 saturated heterocycles. The fraction of sp³-hybridized carbons (Fsp3) is 0.632. The molecule has 130 valence electrons. The highest BCUT2D eigenvalue weighted by Gasteiger charge is 2.26. The van der Waals surface area contributed by atoms with Crippen molar-refractivity contribution in [2.75, 3.05) is 13.2 Å². The zero-order chi connectivity index (χ0) is 17.5. The first-order valence-corrected chi connectivity index (χ1v) is 8.38. The summed E-state index contributed by atoms with van der Waals surface area (Å²) in [5.41, 5.74) is 1.40. The molecular weight excluding hydrogens is 292 g/mol. The molecule has 1 N–H and O–H groups in total. The molecular formula is C19H30O4. The Bertz CT molecular complexity index is 520. The largest absolute Gasteiger partial charge is 0.493 e. The van der Waals surface area contributed by atoms with Crippen molar-refractivity contribution in [2.24, 2.45) is 5.41 Å². The number of benzene rings is 1. The second-order valence-electron chi connectivity index (χ2n) is 6.73.